The van der Waals surface area contributed by atoms with Crippen LogP contribution in [-0.4, -0.2) is 4.57 Å². The molecule has 0 aliphatic heterocycles. The zero-order valence-corrected chi connectivity index (χ0v) is 26.3. The Kier molecular flexibility index (Phi) is 5.78. The summed E-state index contributed by atoms with van der Waals surface area (Å²) in [5.41, 5.74) is 6.99. The van der Waals surface area contributed by atoms with Crippen LogP contribution in [0.15, 0.2) is 170 Å². The molecule has 0 saturated heterocycles. The topological polar surface area (TPSA) is 8.17 Å². The molecule has 47 heavy (non-hydrogen) atoms. The number of para-hydroxylation sites is 2. The van der Waals surface area contributed by atoms with Gasteiger partial charge in [-0.05, 0) is 88.3 Å². The summed E-state index contributed by atoms with van der Waals surface area (Å²) in [5.74, 6) is 0. The molecule has 0 saturated carbocycles. The molecule has 0 unspecified atom stereocenters. The Morgan fingerprint density at radius 2 is 1.02 bits per heavy atom. The standard InChI is InChI=1S/C44H28N2S/c1-3-13-31(14-4-1)45(34-22-26-42-38(27-34)37-23-19-30-12-8-10-18-36(30)44(37)47-42)33-21-25-40-39(28-33)43-35-17-9-7-11-29(35)20-24-41(43)46(40)32-15-5-2-6-16-32/h1-28H. The number of benzene rings is 8. The summed E-state index contributed by atoms with van der Waals surface area (Å²) in [4.78, 5) is 2.40. The second-order valence-corrected chi connectivity index (χ2v) is 13.2. The molecule has 10 rings (SSSR count). The molecule has 0 amide bonds. The van der Waals surface area contributed by atoms with Crippen molar-refractivity contribution in [2.45, 2.75) is 0 Å². The average Bonchev–Trinajstić information content (AvgIpc) is 3.68. The van der Waals surface area contributed by atoms with Gasteiger partial charge in [0.15, 0.2) is 0 Å². The van der Waals surface area contributed by atoms with Gasteiger partial charge in [0, 0.05) is 53.7 Å². The van der Waals surface area contributed by atoms with Gasteiger partial charge in [-0.3, -0.25) is 0 Å². The molecule has 0 spiro atoms. The van der Waals surface area contributed by atoms with Gasteiger partial charge in [-0.1, -0.05) is 103 Å². The molecule has 2 heterocycles. The highest BCUT2D eigenvalue weighted by Gasteiger charge is 2.19. The van der Waals surface area contributed by atoms with Crippen LogP contribution in [0.25, 0.3) is 69.2 Å². The molecule has 0 fully saturated rings. The van der Waals surface area contributed by atoms with Crippen LogP contribution in [0, 0.1) is 0 Å². The Balaban J connectivity index is 1.25. The first-order valence-corrected chi connectivity index (χ1v) is 16.8. The minimum atomic E-state index is 1.13. The predicted molar refractivity (Wildman–Crippen MR) is 203 cm³/mol. The molecular formula is C44H28N2S. The van der Waals surface area contributed by atoms with E-state index in [1.165, 1.54) is 63.5 Å². The SMILES string of the molecule is c1ccc(N(c2ccc3sc4c5ccccc5ccc4c3c2)c2ccc3c(c2)c2c4ccccc4ccc2n3-c2ccccc2)cc1. The second kappa shape index (κ2) is 10.3. The monoisotopic (exact) mass is 616 g/mol. The van der Waals surface area contributed by atoms with Gasteiger partial charge in [-0.2, -0.15) is 0 Å². The summed E-state index contributed by atoms with van der Waals surface area (Å²) >= 11 is 1.89. The van der Waals surface area contributed by atoms with E-state index in [-0.39, 0.29) is 0 Å². The van der Waals surface area contributed by atoms with Crippen LogP contribution in [-0.2, 0) is 0 Å². The molecule has 0 bridgehead atoms. The maximum atomic E-state index is 2.40. The van der Waals surface area contributed by atoms with E-state index in [1.807, 2.05) is 11.3 Å². The maximum Gasteiger partial charge on any atom is 0.0547 e. The largest absolute Gasteiger partial charge is 0.310 e. The minimum absolute atomic E-state index is 1.13. The van der Waals surface area contributed by atoms with Crippen molar-refractivity contribution >= 4 is 91.9 Å². The van der Waals surface area contributed by atoms with Gasteiger partial charge in [0.05, 0.1) is 11.0 Å². The molecule has 220 valence electrons. The summed E-state index contributed by atoms with van der Waals surface area (Å²) < 4.78 is 5.06. The van der Waals surface area contributed by atoms with Gasteiger partial charge in [-0.25, -0.2) is 0 Å². The van der Waals surface area contributed by atoms with E-state index in [0.717, 1.165) is 22.7 Å². The van der Waals surface area contributed by atoms with Crippen LogP contribution in [0.1, 0.15) is 0 Å². The van der Waals surface area contributed by atoms with Crippen molar-refractivity contribution in [2.24, 2.45) is 0 Å². The number of thiophene rings is 1. The molecule has 2 aromatic heterocycles. The predicted octanol–water partition coefficient (Wildman–Crippen LogP) is 12.9. The molecule has 3 heteroatoms. The summed E-state index contributed by atoms with van der Waals surface area (Å²) in [6, 6.07) is 61.9. The molecule has 0 aliphatic rings. The van der Waals surface area contributed by atoms with Gasteiger partial charge in [0.2, 0.25) is 0 Å². The quantitative estimate of drug-likeness (QED) is 0.191. The van der Waals surface area contributed by atoms with Crippen LogP contribution >= 0.6 is 11.3 Å². The lowest BCUT2D eigenvalue weighted by Gasteiger charge is -2.26. The zero-order chi connectivity index (χ0) is 30.9. The first-order valence-electron chi connectivity index (χ1n) is 16.0. The second-order valence-electron chi connectivity index (χ2n) is 12.2. The number of rotatable bonds is 4. The molecule has 2 nitrogen and oxygen atoms in total. The van der Waals surface area contributed by atoms with Crippen LogP contribution in [0.2, 0.25) is 0 Å². The van der Waals surface area contributed by atoms with Crippen LogP contribution in [0.3, 0.4) is 0 Å². The Morgan fingerprint density at radius 3 is 1.83 bits per heavy atom. The molecule has 8 aromatic carbocycles. The van der Waals surface area contributed by atoms with Gasteiger partial charge in [0.25, 0.3) is 0 Å². The van der Waals surface area contributed by atoms with Gasteiger partial charge in [0.1, 0.15) is 0 Å². The fourth-order valence-corrected chi connectivity index (χ4v) is 8.65. The minimum Gasteiger partial charge on any atom is -0.310 e. The lowest BCUT2D eigenvalue weighted by Crippen LogP contribution is -2.09. The smallest absolute Gasteiger partial charge is 0.0547 e. The number of anilines is 3. The number of aromatic nitrogens is 1. The number of hydrogen-bond acceptors (Lipinski definition) is 2. The highest BCUT2D eigenvalue weighted by molar-refractivity contribution is 7.26. The van der Waals surface area contributed by atoms with Gasteiger partial charge in [-0.15, -0.1) is 11.3 Å². The maximum absolute atomic E-state index is 2.40. The highest BCUT2D eigenvalue weighted by Crippen LogP contribution is 2.44. The number of hydrogen-bond donors (Lipinski definition) is 0. The summed E-state index contributed by atoms with van der Waals surface area (Å²) in [5, 5.41) is 10.3. The lowest BCUT2D eigenvalue weighted by atomic mass is 10.0. The Hall–Kier alpha value is -5.90. The summed E-state index contributed by atoms with van der Waals surface area (Å²) in [6.07, 6.45) is 0. The average molecular weight is 617 g/mol. The van der Waals surface area contributed by atoms with E-state index >= 15 is 0 Å². The third kappa shape index (κ3) is 4.04. The summed E-state index contributed by atoms with van der Waals surface area (Å²) in [6.45, 7) is 0. The van der Waals surface area contributed by atoms with E-state index in [0.29, 0.717) is 0 Å². The van der Waals surface area contributed by atoms with Crippen molar-refractivity contribution < 1.29 is 0 Å². The third-order valence-corrected chi connectivity index (χ3v) is 10.7. The molecule has 10 aromatic rings. The van der Waals surface area contributed by atoms with Crippen LogP contribution in [0.5, 0.6) is 0 Å². The number of nitrogens with zero attached hydrogens (tertiary/aromatic N) is 2. The molecule has 0 aliphatic carbocycles. The van der Waals surface area contributed by atoms with E-state index in [2.05, 4.69) is 179 Å². The van der Waals surface area contributed by atoms with Crippen molar-refractivity contribution in [2.75, 3.05) is 4.90 Å². The van der Waals surface area contributed by atoms with E-state index in [4.69, 9.17) is 0 Å². The van der Waals surface area contributed by atoms with Crippen molar-refractivity contribution in [3.8, 4) is 5.69 Å². The Bertz CT molecular complexity index is 2790. The van der Waals surface area contributed by atoms with Gasteiger partial charge >= 0.3 is 0 Å². The fourth-order valence-electron chi connectivity index (χ4n) is 7.43. The molecule has 0 radical (unpaired) electrons. The van der Waals surface area contributed by atoms with Gasteiger partial charge < -0.3 is 9.47 Å². The van der Waals surface area contributed by atoms with E-state index in [1.54, 1.807) is 0 Å². The van der Waals surface area contributed by atoms with Crippen LogP contribution in [0.4, 0.5) is 17.1 Å². The van der Waals surface area contributed by atoms with Crippen molar-refractivity contribution in [3.05, 3.63) is 170 Å². The first kappa shape index (κ1) is 26.3. The fraction of sp³-hybridized carbons (Fsp3) is 0. The van der Waals surface area contributed by atoms with Crippen molar-refractivity contribution in [3.63, 3.8) is 0 Å². The Morgan fingerprint density at radius 1 is 0.404 bits per heavy atom. The molecular weight excluding hydrogens is 589 g/mol. The Labute approximate surface area is 276 Å². The lowest BCUT2D eigenvalue weighted by molar-refractivity contribution is 1.18. The first-order chi connectivity index (χ1) is 23.3. The van der Waals surface area contributed by atoms with E-state index < -0.39 is 0 Å². The molecule has 0 atom stereocenters. The summed E-state index contributed by atoms with van der Waals surface area (Å²) in [7, 11) is 0. The molecule has 0 N–H and O–H groups in total. The zero-order valence-electron chi connectivity index (χ0n) is 25.5. The van der Waals surface area contributed by atoms with Crippen molar-refractivity contribution in [1.29, 1.82) is 0 Å². The van der Waals surface area contributed by atoms with Crippen LogP contribution < -0.4 is 4.90 Å². The normalized spacial score (nSPS) is 11.8. The van der Waals surface area contributed by atoms with E-state index in [9.17, 15) is 0 Å². The number of fused-ring (bicyclic) bond motifs is 10. The van der Waals surface area contributed by atoms with Crippen molar-refractivity contribution in [1.82, 2.24) is 4.57 Å². The highest BCUT2D eigenvalue weighted by atomic mass is 32.1. The third-order valence-electron chi connectivity index (χ3n) is 9.53.